The average molecular weight is 287 g/mol. The molecule has 0 rings (SSSR count). The van der Waals surface area contributed by atoms with Crippen molar-refractivity contribution in [2.75, 3.05) is 13.1 Å². The van der Waals surface area contributed by atoms with E-state index in [9.17, 15) is 9.59 Å². The third-order valence-corrected chi connectivity index (χ3v) is 2.38. The van der Waals surface area contributed by atoms with Crippen molar-refractivity contribution >= 4 is 12.0 Å². The van der Waals surface area contributed by atoms with E-state index in [2.05, 4.69) is 10.6 Å². The maximum Gasteiger partial charge on any atom is 0.407 e. The zero-order valence-electron chi connectivity index (χ0n) is 13.3. The summed E-state index contributed by atoms with van der Waals surface area (Å²) in [5, 5.41) is 5.38. The van der Waals surface area contributed by atoms with E-state index in [1.807, 2.05) is 34.6 Å². The molecule has 0 aliphatic carbocycles. The Bertz CT molecular complexity index is 311. The molecule has 6 nitrogen and oxygen atoms in total. The van der Waals surface area contributed by atoms with E-state index in [0.717, 1.165) is 0 Å². The summed E-state index contributed by atoms with van der Waals surface area (Å²) in [6.07, 6.45) is 0.863. The number of alkyl carbamates (subject to hydrolysis) is 1. The van der Waals surface area contributed by atoms with Gasteiger partial charge in [-0.15, -0.1) is 0 Å². The normalized spacial score (nSPS) is 12.9. The molecule has 0 aromatic heterocycles. The molecule has 0 radical (unpaired) electrons. The Kier molecular flexibility index (Phi) is 8.22. The molecule has 6 heteroatoms. The summed E-state index contributed by atoms with van der Waals surface area (Å²) in [4.78, 5) is 23.0. The monoisotopic (exact) mass is 287 g/mol. The van der Waals surface area contributed by atoms with Crippen molar-refractivity contribution < 1.29 is 14.3 Å². The van der Waals surface area contributed by atoms with Gasteiger partial charge in [0.2, 0.25) is 5.91 Å². The molecule has 20 heavy (non-hydrogen) atoms. The highest BCUT2D eigenvalue weighted by atomic mass is 16.6. The number of carbonyl (C=O) groups is 2. The highest BCUT2D eigenvalue weighted by Gasteiger charge is 2.16. The summed E-state index contributed by atoms with van der Waals surface area (Å²) in [5.41, 5.74) is 5.25. The minimum atomic E-state index is -0.498. The Labute approximate surface area is 121 Å². The van der Waals surface area contributed by atoms with Gasteiger partial charge in [-0.05, 0) is 39.5 Å². The van der Waals surface area contributed by atoms with E-state index in [-0.39, 0.29) is 5.91 Å². The number of nitrogens with two attached hydrogens (primary N) is 1. The fourth-order valence-corrected chi connectivity index (χ4v) is 1.55. The Morgan fingerprint density at radius 2 is 1.70 bits per heavy atom. The lowest BCUT2D eigenvalue weighted by Gasteiger charge is -2.19. The first kappa shape index (κ1) is 18.7. The minimum Gasteiger partial charge on any atom is -0.444 e. The number of rotatable bonds is 7. The van der Waals surface area contributed by atoms with Gasteiger partial charge in [0.1, 0.15) is 5.60 Å². The quantitative estimate of drug-likeness (QED) is 0.617. The largest absolute Gasteiger partial charge is 0.444 e. The van der Waals surface area contributed by atoms with Gasteiger partial charge in [-0.25, -0.2) is 4.79 Å². The van der Waals surface area contributed by atoms with Gasteiger partial charge in [-0.1, -0.05) is 13.8 Å². The second-order valence-corrected chi connectivity index (χ2v) is 6.31. The van der Waals surface area contributed by atoms with Gasteiger partial charge in [0, 0.05) is 13.1 Å². The van der Waals surface area contributed by atoms with E-state index in [4.69, 9.17) is 10.5 Å². The van der Waals surface area contributed by atoms with Crippen molar-refractivity contribution in [2.24, 2.45) is 11.7 Å². The van der Waals surface area contributed by atoms with E-state index in [0.29, 0.717) is 31.8 Å². The molecule has 0 spiro atoms. The molecule has 0 aromatic rings. The second kappa shape index (κ2) is 8.79. The molecule has 1 atom stereocenters. The fourth-order valence-electron chi connectivity index (χ4n) is 1.55. The summed E-state index contributed by atoms with van der Waals surface area (Å²) >= 11 is 0. The molecule has 0 aromatic carbocycles. The molecule has 0 heterocycles. The van der Waals surface area contributed by atoms with Crippen LogP contribution in [0, 0.1) is 5.92 Å². The molecule has 0 bridgehead atoms. The van der Waals surface area contributed by atoms with E-state index in [1.54, 1.807) is 0 Å². The van der Waals surface area contributed by atoms with Crippen molar-refractivity contribution in [3.05, 3.63) is 0 Å². The van der Waals surface area contributed by atoms with Crippen molar-refractivity contribution in [2.45, 2.75) is 59.1 Å². The zero-order valence-corrected chi connectivity index (χ0v) is 13.3. The average Bonchev–Trinajstić information content (AvgIpc) is 2.24. The Morgan fingerprint density at radius 1 is 1.15 bits per heavy atom. The molecule has 4 N–H and O–H groups in total. The molecule has 0 aliphatic rings. The van der Waals surface area contributed by atoms with Crippen LogP contribution in [0.3, 0.4) is 0 Å². The molecule has 0 saturated carbocycles. The number of ether oxygens (including phenoxy) is 1. The van der Waals surface area contributed by atoms with Crippen LogP contribution in [-0.4, -0.2) is 36.7 Å². The topological polar surface area (TPSA) is 93.5 Å². The molecular formula is C14H29N3O3. The van der Waals surface area contributed by atoms with E-state index in [1.165, 1.54) is 0 Å². The molecule has 2 amide bonds. The predicted molar refractivity (Wildman–Crippen MR) is 79.3 cm³/mol. The predicted octanol–water partition coefficient (Wildman–Crippen LogP) is 1.39. The third kappa shape index (κ3) is 10.6. The highest BCUT2D eigenvalue weighted by Crippen LogP contribution is 2.06. The van der Waals surface area contributed by atoms with Crippen molar-refractivity contribution in [1.29, 1.82) is 0 Å². The van der Waals surface area contributed by atoms with Crippen molar-refractivity contribution in [3.63, 3.8) is 0 Å². The standard InChI is InChI=1S/C14H29N3O3/c1-10(2)9-11(15)12(18)16-7-6-8-17-13(19)20-14(3,4)5/h10-11H,6-9,15H2,1-5H3,(H,16,18)(H,17,19)/t11-/m0/s1. The van der Waals surface area contributed by atoms with Gasteiger partial charge < -0.3 is 21.1 Å². The van der Waals surface area contributed by atoms with Crippen LogP contribution in [0.1, 0.15) is 47.5 Å². The maximum absolute atomic E-state index is 11.6. The number of amides is 2. The van der Waals surface area contributed by atoms with Crippen LogP contribution in [0.15, 0.2) is 0 Å². The van der Waals surface area contributed by atoms with Crippen LogP contribution in [-0.2, 0) is 9.53 Å². The van der Waals surface area contributed by atoms with Crippen molar-refractivity contribution in [3.8, 4) is 0 Å². The molecule has 118 valence electrons. The van der Waals surface area contributed by atoms with E-state index >= 15 is 0 Å². The van der Waals surface area contributed by atoms with Gasteiger partial charge in [-0.3, -0.25) is 4.79 Å². The summed E-state index contributed by atoms with van der Waals surface area (Å²) < 4.78 is 5.09. The summed E-state index contributed by atoms with van der Waals surface area (Å²) in [6, 6.07) is -0.464. The summed E-state index contributed by atoms with van der Waals surface area (Å²) in [5.74, 6) is 0.251. The second-order valence-electron chi connectivity index (χ2n) is 6.31. The van der Waals surface area contributed by atoms with Crippen LogP contribution in [0.5, 0.6) is 0 Å². The Hall–Kier alpha value is -1.30. The molecule has 0 unspecified atom stereocenters. The first-order chi connectivity index (χ1) is 9.11. The smallest absolute Gasteiger partial charge is 0.407 e. The van der Waals surface area contributed by atoms with Crippen LogP contribution in [0.4, 0.5) is 4.79 Å². The lowest BCUT2D eigenvalue weighted by molar-refractivity contribution is -0.122. The lowest BCUT2D eigenvalue weighted by Crippen LogP contribution is -2.42. The fraction of sp³-hybridized carbons (Fsp3) is 0.857. The summed E-state index contributed by atoms with van der Waals surface area (Å²) in [7, 11) is 0. The maximum atomic E-state index is 11.6. The number of nitrogens with one attached hydrogen (secondary N) is 2. The zero-order chi connectivity index (χ0) is 15.8. The Balaban J connectivity index is 3.67. The molecular weight excluding hydrogens is 258 g/mol. The van der Waals surface area contributed by atoms with Crippen molar-refractivity contribution in [1.82, 2.24) is 10.6 Å². The molecule has 0 saturated heterocycles. The first-order valence-electron chi connectivity index (χ1n) is 7.12. The van der Waals surface area contributed by atoms with Gasteiger partial charge in [0.25, 0.3) is 0 Å². The third-order valence-electron chi connectivity index (χ3n) is 2.38. The lowest BCUT2D eigenvalue weighted by atomic mass is 10.0. The van der Waals surface area contributed by atoms with Gasteiger partial charge in [0.15, 0.2) is 0 Å². The summed E-state index contributed by atoms with van der Waals surface area (Å²) in [6.45, 7) is 10.4. The van der Waals surface area contributed by atoms with Crippen LogP contribution < -0.4 is 16.4 Å². The van der Waals surface area contributed by atoms with Crippen LogP contribution in [0.25, 0.3) is 0 Å². The SMILES string of the molecule is CC(C)C[C@H](N)C(=O)NCCCNC(=O)OC(C)(C)C. The Morgan fingerprint density at radius 3 is 2.20 bits per heavy atom. The highest BCUT2D eigenvalue weighted by molar-refractivity contribution is 5.81. The number of hydrogen-bond acceptors (Lipinski definition) is 4. The first-order valence-corrected chi connectivity index (χ1v) is 7.12. The van der Waals surface area contributed by atoms with E-state index < -0.39 is 17.7 Å². The minimum absolute atomic E-state index is 0.143. The molecule has 0 aliphatic heterocycles. The number of hydrogen-bond donors (Lipinski definition) is 3. The number of carbonyl (C=O) groups excluding carboxylic acids is 2. The van der Waals surface area contributed by atoms with Crippen LogP contribution >= 0.6 is 0 Å². The van der Waals surface area contributed by atoms with Crippen LogP contribution in [0.2, 0.25) is 0 Å². The van der Waals surface area contributed by atoms with Gasteiger partial charge in [0.05, 0.1) is 6.04 Å². The molecule has 0 fully saturated rings. The van der Waals surface area contributed by atoms with Gasteiger partial charge in [-0.2, -0.15) is 0 Å². The van der Waals surface area contributed by atoms with Gasteiger partial charge >= 0.3 is 6.09 Å².